The van der Waals surface area contributed by atoms with E-state index in [1.165, 1.54) is 0 Å². The van der Waals surface area contributed by atoms with Crippen molar-refractivity contribution in [3.05, 3.63) is 53.0 Å². The third-order valence-corrected chi connectivity index (χ3v) is 4.08. The average molecular weight is 246 g/mol. The van der Waals surface area contributed by atoms with Crippen LogP contribution < -0.4 is 0 Å². The summed E-state index contributed by atoms with van der Waals surface area (Å²) >= 11 is 1.61. The molecule has 0 aromatic heterocycles. The molecule has 1 aromatic rings. The summed E-state index contributed by atoms with van der Waals surface area (Å²) in [5, 5.41) is 9.00. The molecule has 0 bridgehead atoms. The molecule has 88 valence electrons. The van der Waals surface area contributed by atoms with Gasteiger partial charge in [0.25, 0.3) is 0 Å². The summed E-state index contributed by atoms with van der Waals surface area (Å²) in [6, 6.07) is 10.0. The van der Waals surface area contributed by atoms with Crippen molar-refractivity contribution in [1.82, 2.24) is 0 Å². The number of carboxylic acids is 1. The van der Waals surface area contributed by atoms with Crippen LogP contribution in [0.2, 0.25) is 0 Å². The molecular weight excluding hydrogens is 232 g/mol. The van der Waals surface area contributed by atoms with Crippen molar-refractivity contribution < 1.29 is 9.90 Å². The number of benzene rings is 1. The molecule has 1 aliphatic rings. The molecule has 2 nitrogen and oxygen atoms in total. The van der Waals surface area contributed by atoms with Crippen LogP contribution in [0.5, 0.6) is 0 Å². The fourth-order valence-corrected chi connectivity index (χ4v) is 2.78. The van der Waals surface area contributed by atoms with Gasteiger partial charge in [-0.15, -0.1) is 11.8 Å². The fraction of sp³-hybridized carbons (Fsp3) is 0.214. The van der Waals surface area contributed by atoms with Gasteiger partial charge in [0.1, 0.15) is 0 Å². The van der Waals surface area contributed by atoms with Gasteiger partial charge in [-0.1, -0.05) is 49.4 Å². The van der Waals surface area contributed by atoms with Gasteiger partial charge in [-0.2, -0.15) is 0 Å². The first kappa shape index (κ1) is 12.0. The Morgan fingerprint density at radius 2 is 2.12 bits per heavy atom. The molecule has 1 heterocycles. The lowest BCUT2D eigenvalue weighted by Crippen LogP contribution is -2.19. The Balaban J connectivity index is 2.07. The van der Waals surface area contributed by atoms with E-state index in [2.05, 4.69) is 6.08 Å². The van der Waals surface area contributed by atoms with Crippen LogP contribution in [0.25, 0.3) is 6.08 Å². The largest absolute Gasteiger partial charge is 0.481 e. The highest BCUT2D eigenvalue weighted by Gasteiger charge is 2.25. The van der Waals surface area contributed by atoms with Crippen LogP contribution in [0.4, 0.5) is 0 Å². The lowest BCUT2D eigenvalue weighted by atomic mass is 10.1. The van der Waals surface area contributed by atoms with Gasteiger partial charge < -0.3 is 5.11 Å². The van der Waals surface area contributed by atoms with Crippen molar-refractivity contribution >= 4 is 23.8 Å². The predicted octanol–water partition coefficient (Wildman–Crippen LogP) is 3.42. The van der Waals surface area contributed by atoms with Crippen molar-refractivity contribution in [2.75, 3.05) is 0 Å². The maximum absolute atomic E-state index is 10.9. The van der Waals surface area contributed by atoms with Gasteiger partial charge in [-0.3, -0.25) is 4.79 Å². The molecule has 0 amide bonds. The van der Waals surface area contributed by atoms with E-state index in [1.54, 1.807) is 18.7 Å². The number of allylic oxidation sites excluding steroid dienone is 1. The standard InChI is InChI=1S/C14H14O2S/c1-10(14(15)16)13-8-7-12(17-13)9-11-5-3-2-4-6-11/h2-10,13H,1H3,(H,15,16). The first-order valence-corrected chi connectivity index (χ1v) is 6.39. The molecule has 1 aliphatic heterocycles. The zero-order valence-electron chi connectivity index (χ0n) is 9.54. The molecule has 17 heavy (non-hydrogen) atoms. The van der Waals surface area contributed by atoms with Gasteiger partial charge in [0.05, 0.1) is 5.92 Å². The Bertz CT molecular complexity index is 462. The number of carboxylic acid groups (broad SMARTS) is 1. The number of thioether (sulfide) groups is 1. The van der Waals surface area contributed by atoms with E-state index in [0.717, 1.165) is 10.5 Å². The van der Waals surface area contributed by atoms with E-state index >= 15 is 0 Å². The average Bonchev–Trinajstić information content (AvgIpc) is 2.77. The van der Waals surface area contributed by atoms with E-state index < -0.39 is 5.97 Å². The van der Waals surface area contributed by atoms with Crippen molar-refractivity contribution in [3.63, 3.8) is 0 Å². The number of aliphatic carboxylic acids is 1. The Hall–Kier alpha value is -1.48. The van der Waals surface area contributed by atoms with Gasteiger partial charge in [-0.25, -0.2) is 0 Å². The molecule has 0 saturated heterocycles. The summed E-state index contributed by atoms with van der Waals surface area (Å²) in [5.74, 6) is -1.09. The van der Waals surface area contributed by atoms with Crippen LogP contribution >= 0.6 is 11.8 Å². The summed E-state index contributed by atoms with van der Waals surface area (Å²) in [7, 11) is 0. The molecule has 1 aromatic carbocycles. The van der Waals surface area contributed by atoms with E-state index in [-0.39, 0.29) is 11.2 Å². The highest BCUT2D eigenvalue weighted by atomic mass is 32.2. The molecule has 0 saturated carbocycles. The maximum atomic E-state index is 10.9. The second kappa shape index (κ2) is 5.23. The van der Waals surface area contributed by atoms with Crippen LogP contribution in [0, 0.1) is 5.92 Å². The van der Waals surface area contributed by atoms with Gasteiger partial charge >= 0.3 is 5.97 Å². The zero-order valence-corrected chi connectivity index (χ0v) is 10.4. The molecule has 0 spiro atoms. The van der Waals surface area contributed by atoms with Gasteiger partial charge in [0.15, 0.2) is 0 Å². The third-order valence-electron chi connectivity index (χ3n) is 2.71. The molecule has 2 atom stereocenters. The molecule has 0 fully saturated rings. The van der Waals surface area contributed by atoms with Crippen LogP contribution in [-0.4, -0.2) is 16.3 Å². The monoisotopic (exact) mass is 246 g/mol. The smallest absolute Gasteiger partial charge is 0.307 e. The molecule has 0 aliphatic carbocycles. The number of carbonyl (C=O) groups is 1. The summed E-state index contributed by atoms with van der Waals surface area (Å²) in [6.07, 6.45) is 6.05. The number of rotatable bonds is 3. The summed E-state index contributed by atoms with van der Waals surface area (Å²) in [4.78, 5) is 12.0. The van der Waals surface area contributed by atoms with Gasteiger partial charge in [0.2, 0.25) is 0 Å². The van der Waals surface area contributed by atoms with E-state index in [1.807, 2.05) is 42.5 Å². The summed E-state index contributed by atoms with van der Waals surface area (Å²) in [6.45, 7) is 1.75. The number of hydrogen-bond donors (Lipinski definition) is 1. The minimum Gasteiger partial charge on any atom is -0.481 e. The van der Waals surface area contributed by atoms with E-state index in [9.17, 15) is 4.79 Å². The topological polar surface area (TPSA) is 37.3 Å². The molecule has 3 heteroatoms. The Kier molecular flexibility index (Phi) is 3.69. The Morgan fingerprint density at radius 1 is 1.41 bits per heavy atom. The summed E-state index contributed by atoms with van der Waals surface area (Å²) < 4.78 is 0. The maximum Gasteiger partial charge on any atom is 0.307 e. The lowest BCUT2D eigenvalue weighted by molar-refractivity contribution is -0.140. The van der Waals surface area contributed by atoms with Crippen molar-refractivity contribution in [2.24, 2.45) is 5.92 Å². The quantitative estimate of drug-likeness (QED) is 0.888. The highest BCUT2D eigenvalue weighted by Crippen LogP contribution is 2.36. The Morgan fingerprint density at radius 3 is 2.76 bits per heavy atom. The van der Waals surface area contributed by atoms with Crippen molar-refractivity contribution in [3.8, 4) is 0 Å². The van der Waals surface area contributed by atoms with Crippen LogP contribution in [0.15, 0.2) is 47.4 Å². The number of hydrogen-bond acceptors (Lipinski definition) is 2. The normalized spacial score (nSPS) is 22.9. The predicted molar refractivity (Wildman–Crippen MR) is 71.7 cm³/mol. The Labute approximate surface area is 105 Å². The van der Waals surface area contributed by atoms with Gasteiger partial charge in [-0.05, 0) is 11.6 Å². The first-order valence-electron chi connectivity index (χ1n) is 5.51. The lowest BCUT2D eigenvalue weighted by Gasteiger charge is -2.11. The minimum absolute atomic E-state index is 0.0439. The third kappa shape index (κ3) is 3.01. The second-order valence-corrected chi connectivity index (χ2v) is 5.28. The van der Waals surface area contributed by atoms with Crippen LogP contribution in [-0.2, 0) is 4.79 Å². The summed E-state index contributed by atoms with van der Waals surface area (Å²) in [5.41, 5.74) is 1.14. The van der Waals surface area contributed by atoms with Gasteiger partial charge in [0, 0.05) is 10.2 Å². The van der Waals surface area contributed by atoms with E-state index in [0.29, 0.717) is 0 Å². The molecule has 2 unspecified atom stereocenters. The van der Waals surface area contributed by atoms with Crippen LogP contribution in [0.3, 0.4) is 0 Å². The molecule has 0 radical (unpaired) electrons. The minimum atomic E-state index is -0.742. The SMILES string of the molecule is CC(C(=O)O)C1C=CC(=Cc2ccccc2)S1. The fourth-order valence-electron chi connectivity index (χ4n) is 1.63. The molecular formula is C14H14O2S. The van der Waals surface area contributed by atoms with Crippen molar-refractivity contribution in [2.45, 2.75) is 12.2 Å². The van der Waals surface area contributed by atoms with Crippen LogP contribution in [0.1, 0.15) is 12.5 Å². The molecule has 1 N–H and O–H groups in total. The van der Waals surface area contributed by atoms with Crippen molar-refractivity contribution in [1.29, 1.82) is 0 Å². The zero-order chi connectivity index (χ0) is 12.3. The van der Waals surface area contributed by atoms with E-state index in [4.69, 9.17) is 5.11 Å². The first-order chi connectivity index (χ1) is 8.16. The molecule has 2 rings (SSSR count). The highest BCUT2D eigenvalue weighted by molar-refractivity contribution is 8.04. The second-order valence-electron chi connectivity index (χ2n) is 4.03.